The first-order chi connectivity index (χ1) is 11.6. The average Bonchev–Trinajstić information content (AvgIpc) is 3.24. The number of aryl methyl sites for hydroxylation is 1. The minimum Gasteiger partial charge on any atom is -0.467 e. The third-order valence-corrected chi connectivity index (χ3v) is 4.14. The third-order valence-electron chi connectivity index (χ3n) is 4.14. The molecule has 8 heteroatoms. The Morgan fingerprint density at radius 2 is 2.46 bits per heavy atom. The number of aromatic nitrogens is 2. The quantitative estimate of drug-likeness (QED) is 0.759. The van der Waals surface area contributed by atoms with Gasteiger partial charge in [0.2, 0.25) is 0 Å². The Morgan fingerprint density at radius 3 is 3.17 bits per heavy atom. The molecule has 2 unspecified atom stereocenters. The van der Waals surface area contributed by atoms with Gasteiger partial charge in [-0.25, -0.2) is 4.79 Å². The summed E-state index contributed by atoms with van der Waals surface area (Å²) in [5.74, 6) is 0.440. The molecule has 0 radical (unpaired) electrons. The molecule has 1 aliphatic rings. The van der Waals surface area contributed by atoms with Gasteiger partial charge < -0.3 is 25.1 Å². The number of furan rings is 1. The predicted octanol–water partition coefficient (Wildman–Crippen LogP) is 1.01. The van der Waals surface area contributed by atoms with Gasteiger partial charge >= 0.3 is 6.03 Å². The Kier molecular flexibility index (Phi) is 5.05. The number of piperidine rings is 1. The smallest absolute Gasteiger partial charge is 0.315 e. The average molecular weight is 333 g/mol. The summed E-state index contributed by atoms with van der Waals surface area (Å²) in [6, 6.07) is 3.17. The Hall–Kier alpha value is -2.48. The number of aliphatic hydroxyl groups excluding tert-OH is 1. The molecule has 24 heavy (non-hydrogen) atoms. The molecule has 3 rings (SSSR count). The van der Waals surface area contributed by atoms with Crippen LogP contribution in [0.15, 0.2) is 35.2 Å². The van der Waals surface area contributed by atoms with Gasteiger partial charge in [0.1, 0.15) is 11.9 Å². The van der Waals surface area contributed by atoms with Crippen LogP contribution in [0, 0.1) is 0 Å². The fourth-order valence-electron chi connectivity index (χ4n) is 2.91. The van der Waals surface area contributed by atoms with E-state index in [0.29, 0.717) is 5.76 Å². The first kappa shape index (κ1) is 16.4. The second-order valence-electron chi connectivity index (χ2n) is 6.04. The Balaban J connectivity index is 1.45. The zero-order chi connectivity index (χ0) is 16.9. The van der Waals surface area contributed by atoms with Crippen molar-refractivity contribution >= 4 is 11.7 Å². The van der Waals surface area contributed by atoms with Crippen LogP contribution < -0.4 is 15.5 Å². The van der Waals surface area contributed by atoms with Gasteiger partial charge in [0, 0.05) is 32.4 Å². The van der Waals surface area contributed by atoms with Crippen molar-refractivity contribution in [2.24, 2.45) is 7.05 Å². The molecule has 1 aliphatic heterocycles. The van der Waals surface area contributed by atoms with Crippen LogP contribution in [0.5, 0.6) is 0 Å². The minimum absolute atomic E-state index is 0.0692. The van der Waals surface area contributed by atoms with Crippen LogP contribution in [0.1, 0.15) is 24.7 Å². The summed E-state index contributed by atoms with van der Waals surface area (Å²) < 4.78 is 6.88. The van der Waals surface area contributed by atoms with E-state index in [9.17, 15) is 9.90 Å². The van der Waals surface area contributed by atoms with Crippen LogP contribution in [0.25, 0.3) is 0 Å². The molecule has 1 saturated heterocycles. The number of hydrogen-bond acceptors (Lipinski definition) is 5. The second kappa shape index (κ2) is 7.39. The lowest BCUT2D eigenvalue weighted by Gasteiger charge is -2.33. The largest absolute Gasteiger partial charge is 0.467 e. The molecule has 0 aliphatic carbocycles. The number of nitrogens with zero attached hydrogens (tertiary/aromatic N) is 3. The summed E-state index contributed by atoms with van der Waals surface area (Å²) in [6.07, 6.45) is 6.40. The van der Waals surface area contributed by atoms with Gasteiger partial charge in [-0.05, 0) is 25.0 Å². The summed E-state index contributed by atoms with van der Waals surface area (Å²) in [5, 5.41) is 19.7. The summed E-state index contributed by atoms with van der Waals surface area (Å²) in [5.41, 5.74) is 1.07. The van der Waals surface area contributed by atoms with E-state index in [1.54, 1.807) is 16.8 Å². The number of amides is 2. The molecule has 2 aromatic heterocycles. The highest BCUT2D eigenvalue weighted by molar-refractivity contribution is 5.74. The molecule has 0 saturated carbocycles. The molecule has 3 N–H and O–H groups in total. The standard InChI is InChI=1S/C16H23N5O3/c1-20-11-13(8-18-20)21-6-2-4-12(10-21)19-16(23)17-9-14(22)15-5-3-7-24-15/h3,5,7-8,11-12,14,22H,2,4,6,9-10H2,1H3,(H2,17,19,23). The van der Waals surface area contributed by atoms with Crippen molar-refractivity contribution < 1.29 is 14.3 Å². The number of carbonyl (C=O) groups excluding carboxylic acids is 1. The van der Waals surface area contributed by atoms with Gasteiger partial charge in [-0.1, -0.05) is 0 Å². The van der Waals surface area contributed by atoms with Gasteiger partial charge in [-0.2, -0.15) is 5.10 Å². The van der Waals surface area contributed by atoms with Gasteiger partial charge in [-0.15, -0.1) is 0 Å². The first-order valence-electron chi connectivity index (χ1n) is 8.11. The van der Waals surface area contributed by atoms with Crippen LogP contribution in [0.2, 0.25) is 0 Å². The molecule has 0 bridgehead atoms. The van der Waals surface area contributed by atoms with E-state index in [-0.39, 0.29) is 18.6 Å². The van der Waals surface area contributed by atoms with Crippen molar-refractivity contribution in [3.63, 3.8) is 0 Å². The van der Waals surface area contributed by atoms with E-state index in [2.05, 4.69) is 20.6 Å². The van der Waals surface area contributed by atoms with Crippen LogP contribution in [-0.2, 0) is 7.05 Å². The molecule has 2 aromatic rings. The van der Waals surface area contributed by atoms with Crippen molar-refractivity contribution in [3.05, 3.63) is 36.5 Å². The summed E-state index contributed by atoms with van der Waals surface area (Å²) in [4.78, 5) is 14.3. The molecular formula is C16H23N5O3. The van der Waals surface area contributed by atoms with Gasteiger partial charge in [0.05, 0.1) is 24.7 Å². The molecule has 3 heterocycles. The van der Waals surface area contributed by atoms with Crippen molar-refractivity contribution in [1.82, 2.24) is 20.4 Å². The number of urea groups is 1. The number of aliphatic hydroxyl groups is 1. The number of carbonyl (C=O) groups is 1. The number of rotatable bonds is 5. The van der Waals surface area contributed by atoms with Crippen LogP contribution in [0.3, 0.4) is 0 Å². The van der Waals surface area contributed by atoms with Crippen molar-refractivity contribution in [2.45, 2.75) is 25.0 Å². The fourth-order valence-corrected chi connectivity index (χ4v) is 2.91. The molecule has 130 valence electrons. The predicted molar refractivity (Wildman–Crippen MR) is 88.6 cm³/mol. The van der Waals surface area contributed by atoms with Crippen molar-refractivity contribution in [2.75, 3.05) is 24.5 Å². The van der Waals surface area contributed by atoms with E-state index >= 15 is 0 Å². The van der Waals surface area contributed by atoms with Gasteiger partial charge in [-0.3, -0.25) is 4.68 Å². The van der Waals surface area contributed by atoms with E-state index in [4.69, 9.17) is 4.42 Å². The van der Waals surface area contributed by atoms with E-state index in [1.165, 1.54) is 6.26 Å². The Morgan fingerprint density at radius 1 is 1.58 bits per heavy atom. The number of anilines is 1. The third kappa shape index (κ3) is 4.08. The Bertz CT molecular complexity index is 654. The van der Waals surface area contributed by atoms with Crippen LogP contribution in [-0.4, -0.2) is 46.6 Å². The monoisotopic (exact) mass is 333 g/mol. The van der Waals surface area contributed by atoms with E-state index in [1.807, 2.05) is 19.4 Å². The highest BCUT2D eigenvalue weighted by Crippen LogP contribution is 2.19. The maximum atomic E-state index is 12.0. The van der Waals surface area contributed by atoms with Crippen LogP contribution in [0.4, 0.5) is 10.5 Å². The van der Waals surface area contributed by atoms with Crippen molar-refractivity contribution in [1.29, 1.82) is 0 Å². The zero-order valence-corrected chi connectivity index (χ0v) is 13.7. The molecule has 2 amide bonds. The normalized spacial score (nSPS) is 19.1. The number of hydrogen-bond donors (Lipinski definition) is 3. The summed E-state index contributed by atoms with van der Waals surface area (Å²) in [6.45, 7) is 1.82. The van der Waals surface area contributed by atoms with Gasteiger partial charge in [0.25, 0.3) is 0 Å². The molecule has 0 spiro atoms. The first-order valence-corrected chi connectivity index (χ1v) is 8.11. The minimum atomic E-state index is -0.844. The molecular weight excluding hydrogens is 310 g/mol. The lowest BCUT2D eigenvalue weighted by molar-refractivity contribution is 0.147. The zero-order valence-electron chi connectivity index (χ0n) is 13.7. The topological polar surface area (TPSA) is 95.6 Å². The fraction of sp³-hybridized carbons (Fsp3) is 0.500. The number of nitrogens with one attached hydrogen (secondary N) is 2. The molecule has 2 atom stereocenters. The molecule has 1 fully saturated rings. The van der Waals surface area contributed by atoms with Crippen molar-refractivity contribution in [3.8, 4) is 0 Å². The highest BCUT2D eigenvalue weighted by Gasteiger charge is 2.22. The summed E-state index contributed by atoms with van der Waals surface area (Å²) in [7, 11) is 1.89. The second-order valence-corrected chi connectivity index (χ2v) is 6.04. The molecule has 8 nitrogen and oxygen atoms in total. The van der Waals surface area contributed by atoms with Gasteiger partial charge in [0.15, 0.2) is 0 Å². The lowest BCUT2D eigenvalue weighted by Crippen LogP contribution is -2.51. The molecule has 0 aromatic carbocycles. The summed E-state index contributed by atoms with van der Waals surface area (Å²) >= 11 is 0. The van der Waals surface area contributed by atoms with E-state index in [0.717, 1.165) is 31.6 Å². The SMILES string of the molecule is Cn1cc(N2CCCC(NC(=O)NCC(O)c3ccco3)C2)cn1. The lowest BCUT2D eigenvalue weighted by atomic mass is 10.1. The highest BCUT2D eigenvalue weighted by atomic mass is 16.4. The maximum absolute atomic E-state index is 12.0. The Labute approximate surface area is 140 Å². The van der Waals surface area contributed by atoms with Crippen LogP contribution >= 0.6 is 0 Å². The van der Waals surface area contributed by atoms with E-state index < -0.39 is 6.10 Å². The maximum Gasteiger partial charge on any atom is 0.315 e.